The van der Waals surface area contributed by atoms with Crippen molar-refractivity contribution in [3.8, 4) is 17.2 Å². The summed E-state index contributed by atoms with van der Waals surface area (Å²) < 4.78 is 38.7. The average molecular weight is 595 g/mol. The molecule has 0 fully saturated rings. The molecule has 1 heterocycles. The summed E-state index contributed by atoms with van der Waals surface area (Å²) in [7, 11) is -2.27. The molecule has 0 amide bonds. The Labute approximate surface area is 206 Å². The molecule has 0 aliphatic heterocycles. The second-order valence-electron chi connectivity index (χ2n) is 7.10. The third-order valence-corrected chi connectivity index (χ3v) is 7.90. The molecule has 0 atom stereocenters. The van der Waals surface area contributed by atoms with Gasteiger partial charge in [0.15, 0.2) is 5.75 Å². The lowest BCUT2D eigenvalue weighted by Crippen LogP contribution is -2.01. The molecule has 2 N–H and O–H groups in total. The van der Waals surface area contributed by atoms with E-state index in [-0.39, 0.29) is 16.2 Å². The molecule has 0 unspecified atom stereocenters. The van der Waals surface area contributed by atoms with Gasteiger partial charge in [-0.15, -0.1) is 0 Å². The zero-order chi connectivity index (χ0) is 23.8. The number of hydrogen-bond acceptors (Lipinski definition) is 5. The summed E-state index contributed by atoms with van der Waals surface area (Å²) in [4.78, 5) is 14.3. The summed E-state index contributed by atoms with van der Waals surface area (Å²) in [5.74, 6) is 0.485. The number of carboxylic acid groups (broad SMARTS) is 1. The van der Waals surface area contributed by atoms with E-state index in [2.05, 4.69) is 36.8 Å². The highest BCUT2D eigenvalue weighted by atomic mass is 79.9. The lowest BCUT2D eigenvalue weighted by molar-refractivity contribution is -0.136. The van der Waals surface area contributed by atoms with Gasteiger partial charge >= 0.3 is 5.97 Å². The average Bonchev–Trinajstić information content (AvgIpc) is 3.20. The molecule has 3 aromatic carbocycles. The van der Waals surface area contributed by atoms with Gasteiger partial charge in [-0.05, 0) is 92.0 Å². The number of nitrogens with one attached hydrogen (secondary N) is 1. The Hall–Kier alpha value is -2.82. The van der Waals surface area contributed by atoms with Crippen LogP contribution in [0.2, 0.25) is 0 Å². The first-order valence-corrected chi connectivity index (χ1v) is 12.6. The van der Waals surface area contributed by atoms with Crippen molar-refractivity contribution in [1.29, 1.82) is 0 Å². The SMILES string of the molecule is COc1ccc(S(=O)(=O)c2c[nH]c3ccc(Oc4c(Br)cc(CC(=O)O)cc4Br)cc23)cc1. The molecule has 0 spiro atoms. The van der Waals surface area contributed by atoms with Crippen LogP contribution in [-0.2, 0) is 21.1 Å². The summed E-state index contributed by atoms with van der Waals surface area (Å²) in [5, 5.41) is 9.50. The van der Waals surface area contributed by atoms with E-state index in [9.17, 15) is 13.2 Å². The van der Waals surface area contributed by atoms with Gasteiger partial charge in [0, 0.05) is 17.1 Å². The van der Waals surface area contributed by atoms with E-state index >= 15 is 0 Å². The molecule has 0 bridgehead atoms. The molecule has 0 aliphatic rings. The van der Waals surface area contributed by atoms with Crippen LogP contribution in [0.3, 0.4) is 0 Å². The molecule has 0 radical (unpaired) electrons. The summed E-state index contributed by atoms with van der Waals surface area (Å²) in [6.45, 7) is 0. The lowest BCUT2D eigenvalue weighted by atomic mass is 10.1. The van der Waals surface area contributed by atoms with E-state index in [0.717, 1.165) is 0 Å². The van der Waals surface area contributed by atoms with Gasteiger partial charge in [0.05, 0.1) is 32.3 Å². The fourth-order valence-corrected chi connectivity index (χ4v) is 6.21. The predicted octanol–water partition coefficient (Wildman–Crippen LogP) is 5.95. The molecule has 10 heteroatoms. The summed E-state index contributed by atoms with van der Waals surface area (Å²) >= 11 is 6.83. The molecular weight excluding hydrogens is 578 g/mol. The van der Waals surface area contributed by atoms with Crippen molar-refractivity contribution < 1.29 is 27.8 Å². The minimum Gasteiger partial charge on any atom is -0.497 e. The number of sulfone groups is 1. The molecule has 4 rings (SSSR count). The first-order valence-electron chi connectivity index (χ1n) is 9.57. The Kier molecular flexibility index (Phi) is 6.51. The minimum absolute atomic E-state index is 0.126. The van der Waals surface area contributed by atoms with Crippen molar-refractivity contribution in [1.82, 2.24) is 4.98 Å². The van der Waals surface area contributed by atoms with E-state index < -0.39 is 15.8 Å². The number of rotatable bonds is 7. The fourth-order valence-electron chi connectivity index (χ4n) is 3.35. The smallest absolute Gasteiger partial charge is 0.307 e. The third kappa shape index (κ3) is 4.78. The van der Waals surface area contributed by atoms with Crippen LogP contribution in [-0.4, -0.2) is 31.6 Å². The number of aromatic nitrogens is 1. The summed E-state index contributed by atoms with van der Waals surface area (Å²) in [6.07, 6.45) is 1.33. The van der Waals surface area contributed by atoms with Crippen LogP contribution in [0.1, 0.15) is 5.56 Å². The van der Waals surface area contributed by atoms with E-state index in [1.165, 1.54) is 25.4 Å². The number of methoxy groups -OCH3 is 1. The third-order valence-electron chi connectivity index (χ3n) is 4.91. The number of aliphatic carboxylic acids is 1. The molecule has 33 heavy (non-hydrogen) atoms. The number of carboxylic acids is 1. The minimum atomic E-state index is -3.79. The van der Waals surface area contributed by atoms with Crippen molar-refractivity contribution in [2.75, 3.05) is 7.11 Å². The van der Waals surface area contributed by atoms with E-state index in [0.29, 0.717) is 42.7 Å². The van der Waals surface area contributed by atoms with E-state index in [1.807, 2.05) is 0 Å². The standard InChI is InChI=1S/C23H17Br2NO6S/c1-31-14-2-5-16(6-3-14)33(29,30)21-12-26-20-7-4-15(11-17(20)21)32-23-18(24)8-13(9-19(23)25)10-22(27)28/h2-9,11-12,26H,10H2,1H3,(H,27,28). The van der Waals surface area contributed by atoms with Gasteiger partial charge in [0.2, 0.25) is 9.84 Å². The number of aromatic amines is 1. The van der Waals surface area contributed by atoms with Crippen LogP contribution < -0.4 is 9.47 Å². The van der Waals surface area contributed by atoms with Crippen molar-refractivity contribution >= 4 is 58.6 Å². The molecule has 4 aromatic rings. The van der Waals surface area contributed by atoms with E-state index in [4.69, 9.17) is 14.6 Å². The molecule has 1 aromatic heterocycles. The summed E-state index contributed by atoms with van der Waals surface area (Å²) in [5.41, 5.74) is 1.24. The Balaban J connectivity index is 1.71. The monoisotopic (exact) mass is 593 g/mol. The highest BCUT2D eigenvalue weighted by molar-refractivity contribution is 9.11. The lowest BCUT2D eigenvalue weighted by Gasteiger charge is -2.12. The Morgan fingerprint density at radius 3 is 2.24 bits per heavy atom. The normalized spacial score (nSPS) is 11.5. The van der Waals surface area contributed by atoms with Crippen molar-refractivity contribution in [3.63, 3.8) is 0 Å². The maximum atomic E-state index is 13.2. The van der Waals surface area contributed by atoms with Crippen LogP contribution in [0.5, 0.6) is 17.2 Å². The van der Waals surface area contributed by atoms with Gasteiger partial charge in [0.25, 0.3) is 0 Å². The number of halogens is 2. The number of H-pyrrole nitrogens is 1. The van der Waals surface area contributed by atoms with Crippen LogP contribution in [0.15, 0.2) is 79.5 Å². The largest absolute Gasteiger partial charge is 0.497 e. The van der Waals surface area contributed by atoms with Crippen LogP contribution in [0.25, 0.3) is 10.9 Å². The van der Waals surface area contributed by atoms with Crippen LogP contribution >= 0.6 is 31.9 Å². The molecule has 0 saturated carbocycles. The second-order valence-corrected chi connectivity index (χ2v) is 10.7. The molecule has 7 nitrogen and oxygen atoms in total. The Morgan fingerprint density at radius 1 is 1.00 bits per heavy atom. The first kappa shape index (κ1) is 23.3. The van der Waals surface area contributed by atoms with E-state index in [1.54, 1.807) is 42.5 Å². The van der Waals surface area contributed by atoms with Crippen molar-refractivity contribution in [3.05, 3.63) is 75.3 Å². The topological polar surface area (TPSA) is 106 Å². The highest BCUT2D eigenvalue weighted by Crippen LogP contribution is 2.39. The van der Waals surface area contributed by atoms with Gasteiger partial charge in [0.1, 0.15) is 11.5 Å². The van der Waals surface area contributed by atoms with Crippen LogP contribution in [0, 0.1) is 0 Å². The van der Waals surface area contributed by atoms with Gasteiger partial charge in [-0.2, -0.15) is 0 Å². The molecular formula is C23H17Br2NO6S. The van der Waals surface area contributed by atoms with Crippen LogP contribution in [0.4, 0.5) is 0 Å². The van der Waals surface area contributed by atoms with Gasteiger partial charge in [-0.25, -0.2) is 8.42 Å². The number of fused-ring (bicyclic) bond motifs is 1. The zero-order valence-corrected chi connectivity index (χ0v) is 21.1. The number of hydrogen-bond donors (Lipinski definition) is 2. The van der Waals surface area contributed by atoms with Crippen molar-refractivity contribution in [2.24, 2.45) is 0 Å². The Morgan fingerprint density at radius 2 is 1.64 bits per heavy atom. The molecule has 170 valence electrons. The summed E-state index contributed by atoms with van der Waals surface area (Å²) in [6, 6.07) is 14.6. The maximum Gasteiger partial charge on any atom is 0.307 e. The predicted molar refractivity (Wildman–Crippen MR) is 130 cm³/mol. The number of carbonyl (C=O) groups is 1. The highest BCUT2D eigenvalue weighted by Gasteiger charge is 2.22. The zero-order valence-electron chi connectivity index (χ0n) is 17.1. The second kappa shape index (κ2) is 9.20. The maximum absolute atomic E-state index is 13.2. The van der Waals surface area contributed by atoms with Gasteiger partial charge < -0.3 is 19.6 Å². The van der Waals surface area contributed by atoms with Gasteiger partial charge in [-0.3, -0.25) is 4.79 Å². The van der Waals surface area contributed by atoms with Gasteiger partial charge in [-0.1, -0.05) is 0 Å². The molecule has 0 saturated heterocycles. The molecule has 0 aliphatic carbocycles. The fraction of sp³-hybridized carbons (Fsp3) is 0.0870. The first-order chi connectivity index (χ1) is 15.7. The number of benzene rings is 3. The Bertz CT molecular complexity index is 1440. The quantitative estimate of drug-likeness (QED) is 0.274. The van der Waals surface area contributed by atoms with Crippen molar-refractivity contribution in [2.45, 2.75) is 16.2 Å². The number of ether oxygens (including phenoxy) is 2.